The zero-order valence-electron chi connectivity index (χ0n) is 14.6. The molecule has 0 radical (unpaired) electrons. The second-order valence-corrected chi connectivity index (χ2v) is 7.75. The van der Waals surface area contributed by atoms with Crippen molar-refractivity contribution in [3.8, 4) is 0 Å². The fraction of sp³-hybridized carbons (Fsp3) is 0.588. The third-order valence-electron chi connectivity index (χ3n) is 4.42. The third-order valence-corrected chi connectivity index (χ3v) is 5.55. The maximum absolute atomic E-state index is 12.4. The van der Waals surface area contributed by atoms with Crippen molar-refractivity contribution in [2.24, 2.45) is 0 Å². The Hall–Kier alpha value is -1.89. The number of likely N-dealkylation sites (tertiary alicyclic amines) is 1. The minimum Gasteiger partial charge on any atom is -0.338 e. The minimum absolute atomic E-state index is 0.0301. The Balaban J connectivity index is 1.50. The van der Waals surface area contributed by atoms with Crippen LogP contribution >= 0.6 is 11.3 Å². The van der Waals surface area contributed by atoms with Gasteiger partial charge in [0.2, 0.25) is 0 Å². The standard InChI is InChI=1S/C17H25N5OS/c1-12-9-19-22(10-12)15-5-4-8-21(11-15)17(23)18-7-6-16-13(2)20-14(3)24-16/h9-10,15H,4-8,11H2,1-3H3,(H,18,23)/t15-/m1/s1. The Kier molecular flexibility index (Phi) is 5.18. The van der Waals surface area contributed by atoms with Crippen molar-refractivity contribution in [3.63, 3.8) is 0 Å². The maximum atomic E-state index is 12.4. The fourth-order valence-electron chi connectivity index (χ4n) is 3.19. The highest BCUT2D eigenvalue weighted by molar-refractivity contribution is 7.11. The van der Waals surface area contributed by atoms with Crippen molar-refractivity contribution in [2.45, 2.75) is 46.1 Å². The summed E-state index contributed by atoms with van der Waals surface area (Å²) in [6, 6.07) is 0.312. The molecule has 0 spiro atoms. The number of urea groups is 1. The van der Waals surface area contributed by atoms with Gasteiger partial charge in [-0.3, -0.25) is 4.68 Å². The monoisotopic (exact) mass is 347 g/mol. The quantitative estimate of drug-likeness (QED) is 0.925. The number of rotatable bonds is 4. The van der Waals surface area contributed by atoms with Gasteiger partial charge in [0.25, 0.3) is 0 Å². The smallest absolute Gasteiger partial charge is 0.317 e. The molecule has 3 rings (SSSR count). The molecule has 2 aromatic rings. The zero-order valence-corrected chi connectivity index (χ0v) is 15.4. The number of carbonyl (C=O) groups is 1. The van der Waals surface area contributed by atoms with Gasteiger partial charge < -0.3 is 10.2 Å². The summed E-state index contributed by atoms with van der Waals surface area (Å²) in [5, 5.41) is 8.54. The van der Waals surface area contributed by atoms with E-state index in [1.807, 2.05) is 36.5 Å². The molecular formula is C17H25N5OS. The SMILES string of the molecule is Cc1cnn([C@@H]2CCCN(C(=O)NCCc3sc(C)nc3C)C2)c1. The van der Waals surface area contributed by atoms with E-state index in [-0.39, 0.29) is 12.1 Å². The van der Waals surface area contributed by atoms with Gasteiger partial charge in [-0.25, -0.2) is 9.78 Å². The molecule has 1 saturated heterocycles. The lowest BCUT2D eigenvalue weighted by molar-refractivity contribution is 0.163. The molecule has 0 saturated carbocycles. The van der Waals surface area contributed by atoms with Gasteiger partial charge in [0.15, 0.2) is 0 Å². The molecule has 130 valence electrons. The molecule has 0 aliphatic carbocycles. The van der Waals surface area contributed by atoms with Crippen LogP contribution in [0.1, 0.15) is 40.0 Å². The third kappa shape index (κ3) is 3.95. The van der Waals surface area contributed by atoms with Gasteiger partial charge in [0.05, 0.1) is 22.9 Å². The molecule has 2 aromatic heterocycles. The van der Waals surface area contributed by atoms with Crippen molar-refractivity contribution >= 4 is 17.4 Å². The second kappa shape index (κ2) is 7.34. The van der Waals surface area contributed by atoms with E-state index in [0.29, 0.717) is 6.54 Å². The first kappa shape index (κ1) is 17.0. The highest BCUT2D eigenvalue weighted by Gasteiger charge is 2.25. The van der Waals surface area contributed by atoms with Crippen molar-refractivity contribution in [1.29, 1.82) is 0 Å². The molecule has 0 bridgehead atoms. The van der Waals surface area contributed by atoms with Gasteiger partial charge in [-0.1, -0.05) is 0 Å². The number of nitrogens with zero attached hydrogens (tertiary/aromatic N) is 4. The predicted octanol–water partition coefficient (Wildman–Crippen LogP) is 2.85. The van der Waals surface area contributed by atoms with E-state index in [1.54, 1.807) is 11.3 Å². The minimum atomic E-state index is 0.0301. The highest BCUT2D eigenvalue weighted by Crippen LogP contribution is 2.21. The molecule has 1 aliphatic heterocycles. The summed E-state index contributed by atoms with van der Waals surface area (Å²) < 4.78 is 2.00. The van der Waals surface area contributed by atoms with Crippen LogP contribution in [0.4, 0.5) is 4.79 Å². The van der Waals surface area contributed by atoms with Crippen molar-refractivity contribution < 1.29 is 4.79 Å². The Morgan fingerprint density at radius 2 is 2.25 bits per heavy atom. The number of aromatic nitrogens is 3. The second-order valence-electron chi connectivity index (χ2n) is 6.46. The molecule has 3 heterocycles. The molecule has 0 unspecified atom stereocenters. The molecule has 2 amide bonds. The molecule has 6 nitrogen and oxygen atoms in total. The average molecular weight is 347 g/mol. The number of nitrogens with one attached hydrogen (secondary N) is 1. The summed E-state index contributed by atoms with van der Waals surface area (Å²) in [6.07, 6.45) is 6.87. The Morgan fingerprint density at radius 1 is 1.42 bits per heavy atom. The number of hydrogen-bond acceptors (Lipinski definition) is 4. The van der Waals surface area contributed by atoms with E-state index in [2.05, 4.69) is 21.6 Å². The Morgan fingerprint density at radius 3 is 2.92 bits per heavy atom. The molecule has 1 atom stereocenters. The first-order chi connectivity index (χ1) is 11.5. The molecule has 7 heteroatoms. The van der Waals surface area contributed by atoms with Crippen LogP contribution in [-0.2, 0) is 6.42 Å². The number of thiazole rings is 1. The van der Waals surface area contributed by atoms with Crippen LogP contribution in [0.2, 0.25) is 0 Å². The van der Waals surface area contributed by atoms with E-state index in [4.69, 9.17) is 0 Å². The van der Waals surface area contributed by atoms with E-state index in [0.717, 1.165) is 48.6 Å². The Bertz CT molecular complexity index is 708. The molecular weight excluding hydrogens is 322 g/mol. The zero-order chi connectivity index (χ0) is 17.1. The van der Waals surface area contributed by atoms with Crippen LogP contribution < -0.4 is 5.32 Å². The summed E-state index contributed by atoms with van der Waals surface area (Å²) in [4.78, 5) is 20.0. The number of carbonyl (C=O) groups excluding carboxylic acids is 1. The van der Waals surface area contributed by atoms with Crippen LogP contribution in [0.15, 0.2) is 12.4 Å². The molecule has 1 fully saturated rings. The summed E-state index contributed by atoms with van der Waals surface area (Å²) in [5.41, 5.74) is 2.24. The van der Waals surface area contributed by atoms with Crippen LogP contribution in [0.3, 0.4) is 0 Å². The van der Waals surface area contributed by atoms with Crippen molar-refractivity contribution in [3.05, 3.63) is 33.5 Å². The first-order valence-corrected chi connectivity index (χ1v) is 9.31. The summed E-state index contributed by atoms with van der Waals surface area (Å²) in [6.45, 7) is 8.29. The fourth-order valence-corrected chi connectivity index (χ4v) is 4.12. The lowest BCUT2D eigenvalue weighted by Gasteiger charge is -2.32. The lowest BCUT2D eigenvalue weighted by Crippen LogP contribution is -2.46. The number of amides is 2. The predicted molar refractivity (Wildman–Crippen MR) is 95.5 cm³/mol. The van der Waals surface area contributed by atoms with E-state index in [1.165, 1.54) is 4.88 Å². The number of hydrogen-bond donors (Lipinski definition) is 1. The average Bonchev–Trinajstić information content (AvgIpc) is 3.13. The van der Waals surface area contributed by atoms with E-state index in [9.17, 15) is 4.79 Å². The summed E-state index contributed by atoms with van der Waals surface area (Å²) in [5.74, 6) is 0. The number of aryl methyl sites for hydroxylation is 3. The highest BCUT2D eigenvalue weighted by atomic mass is 32.1. The molecule has 1 N–H and O–H groups in total. The van der Waals surface area contributed by atoms with E-state index < -0.39 is 0 Å². The lowest BCUT2D eigenvalue weighted by atomic mass is 10.1. The normalized spacial score (nSPS) is 18.0. The summed E-state index contributed by atoms with van der Waals surface area (Å²) >= 11 is 1.71. The van der Waals surface area contributed by atoms with Gasteiger partial charge in [0, 0.05) is 37.1 Å². The summed E-state index contributed by atoms with van der Waals surface area (Å²) in [7, 11) is 0. The van der Waals surface area contributed by atoms with Gasteiger partial charge >= 0.3 is 6.03 Å². The largest absolute Gasteiger partial charge is 0.338 e. The van der Waals surface area contributed by atoms with Crippen molar-refractivity contribution in [2.75, 3.05) is 19.6 Å². The molecule has 1 aliphatic rings. The van der Waals surface area contributed by atoms with Gasteiger partial charge in [-0.05, 0) is 39.2 Å². The first-order valence-electron chi connectivity index (χ1n) is 8.49. The van der Waals surface area contributed by atoms with Crippen molar-refractivity contribution in [1.82, 2.24) is 25.0 Å². The molecule has 24 heavy (non-hydrogen) atoms. The van der Waals surface area contributed by atoms with Gasteiger partial charge in [-0.2, -0.15) is 5.10 Å². The van der Waals surface area contributed by atoms with Crippen LogP contribution in [0.5, 0.6) is 0 Å². The van der Waals surface area contributed by atoms with Crippen LogP contribution in [-0.4, -0.2) is 45.3 Å². The number of piperidine rings is 1. The Labute approximate surface area is 146 Å². The van der Waals surface area contributed by atoms with Crippen LogP contribution in [0.25, 0.3) is 0 Å². The van der Waals surface area contributed by atoms with E-state index >= 15 is 0 Å². The molecule has 0 aromatic carbocycles. The van der Waals surface area contributed by atoms with Crippen LogP contribution in [0, 0.1) is 20.8 Å². The topological polar surface area (TPSA) is 63.1 Å². The maximum Gasteiger partial charge on any atom is 0.317 e. The van der Waals surface area contributed by atoms with Gasteiger partial charge in [0.1, 0.15) is 0 Å². The van der Waals surface area contributed by atoms with Gasteiger partial charge in [-0.15, -0.1) is 11.3 Å².